The molecule has 2 rings (SSSR count). The van der Waals surface area contributed by atoms with Crippen molar-refractivity contribution in [2.24, 2.45) is 7.05 Å². The van der Waals surface area contributed by atoms with Gasteiger partial charge in [0.05, 0.1) is 0 Å². The molecule has 0 saturated carbocycles. The minimum absolute atomic E-state index is 0.103. The molecule has 0 radical (unpaired) electrons. The zero-order chi connectivity index (χ0) is 9.97. The molecule has 5 heteroatoms. The third kappa shape index (κ3) is 1.38. The fraction of sp³-hybridized carbons (Fsp3) is 0.222. The molecule has 0 aliphatic carbocycles. The summed E-state index contributed by atoms with van der Waals surface area (Å²) >= 11 is 0. The lowest BCUT2D eigenvalue weighted by atomic mass is 10.2. The van der Waals surface area contributed by atoms with E-state index < -0.39 is 0 Å². The maximum atomic E-state index is 8.94. The molecule has 0 atom stereocenters. The van der Waals surface area contributed by atoms with Crippen molar-refractivity contribution in [3.63, 3.8) is 0 Å². The number of hydrogen-bond donors (Lipinski definition) is 1. The highest BCUT2D eigenvalue weighted by atomic mass is 16.3. The number of aliphatic hydroxyl groups excluding tert-OH is 1. The van der Waals surface area contributed by atoms with Gasteiger partial charge in [0, 0.05) is 25.0 Å². The van der Waals surface area contributed by atoms with E-state index in [9.17, 15) is 0 Å². The Balaban J connectivity index is 2.48. The van der Waals surface area contributed by atoms with E-state index in [1.165, 1.54) is 0 Å². The summed E-state index contributed by atoms with van der Waals surface area (Å²) in [5, 5.41) is 16.8. The van der Waals surface area contributed by atoms with Crippen LogP contribution in [0, 0.1) is 0 Å². The van der Waals surface area contributed by atoms with Gasteiger partial charge in [0.2, 0.25) is 0 Å². The lowest BCUT2D eigenvalue weighted by Gasteiger charge is -2.00. The first-order valence-corrected chi connectivity index (χ1v) is 4.22. The van der Waals surface area contributed by atoms with E-state index in [4.69, 9.17) is 5.11 Å². The summed E-state index contributed by atoms with van der Waals surface area (Å²) in [6.07, 6.45) is 3.39. The Morgan fingerprint density at radius 3 is 2.57 bits per heavy atom. The second-order valence-corrected chi connectivity index (χ2v) is 2.89. The number of aliphatic hydroxyl groups is 1. The van der Waals surface area contributed by atoms with Gasteiger partial charge in [-0.05, 0) is 12.1 Å². The summed E-state index contributed by atoms with van der Waals surface area (Å²) < 4.78 is 1.76. The smallest absolute Gasteiger partial charge is 0.163 e. The molecular formula is C9H10N4O. The van der Waals surface area contributed by atoms with Crippen molar-refractivity contribution >= 4 is 0 Å². The zero-order valence-corrected chi connectivity index (χ0v) is 7.75. The summed E-state index contributed by atoms with van der Waals surface area (Å²) in [4.78, 5) is 3.92. The van der Waals surface area contributed by atoms with E-state index in [2.05, 4.69) is 15.2 Å². The van der Waals surface area contributed by atoms with E-state index in [1.54, 1.807) is 17.0 Å². The molecule has 2 aromatic rings. The topological polar surface area (TPSA) is 63.8 Å². The van der Waals surface area contributed by atoms with E-state index in [1.807, 2.05) is 19.2 Å². The van der Waals surface area contributed by atoms with Gasteiger partial charge in [0.25, 0.3) is 0 Å². The Kier molecular flexibility index (Phi) is 2.24. The van der Waals surface area contributed by atoms with Gasteiger partial charge in [-0.15, -0.1) is 10.2 Å². The molecule has 2 aromatic heterocycles. The largest absolute Gasteiger partial charge is 0.388 e. The predicted molar refractivity (Wildman–Crippen MR) is 50.2 cm³/mol. The second kappa shape index (κ2) is 3.55. The average molecular weight is 190 g/mol. The summed E-state index contributed by atoms with van der Waals surface area (Å²) in [7, 11) is 1.82. The molecule has 0 aliphatic heterocycles. The molecule has 0 fully saturated rings. The molecule has 5 nitrogen and oxygen atoms in total. The maximum Gasteiger partial charge on any atom is 0.163 e. The molecule has 0 bridgehead atoms. The van der Waals surface area contributed by atoms with Gasteiger partial charge in [0.15, 0.2) is 11.6 Å². The molecule has 2 heterocycles. The fourth-order valence-corrected chi connectivity index (χ4v) is 1.25. The van der Waals surface area contributed by atoms with Crippen LogP contribution >= 0.6 is 0 Å². The van der Waals surface area contributed by atoms with Crippen LogP contribution in [-0.2, 0) is 13.7 Å². The third-order valence-corrected chi connectivity index (χ3v) is 2.04. The minimum Gasteiger partial charge on any atom is -0.388 e. The van der Waals surface area contributed by atoms with Crippen molar-refractivity contribution in [3.8, 4) is 11.4 Å². The summed E-state index contributed by atoms with van der Waals surface area (Å²) in [5.74, 6) is 1.29. The standard InChI is InChI=1S/C9H10N4O/c1-13-8(6-14)11-12-9(13)7-2-4-10-5-3-7/h2-5,14H,6H2,1H3. The molecule has 1 N–H and O–H groups in total. The van der Waals surface area contributed by atoms with Crippen molar-refractivity contribution in [2.75, 3.05) is 0 Å². The molecule has 0 aromatic carbocycles. The van der Waals surface area contributed by atoms with Crippen LogP contribution < -0.4 is 0 Å². The van der Waals surface area contributed by atoms with Gasteiger partial charge in [-0.1, -0.05) is 0 Å². The van der Waals surface area contributed by atoms with Crippen LogP contribution in [0.4, 0.5) is 0 Å². The maximum absolute atomic E-state index is 8.94. The highest BCUT2D eigenvalue weighted by molar-refractivity contribution is 5.53. The quantitative estimate of drug-likeness (QED) is 0.743. The molecule has 14 heavy (non-hydrogen) atoms. The Morgan fingerprint density at radius 2 is 2.00 bits per heavy atom. The van der Waals surface area contributed by atoms with Crippen LogP contribution in [0.3, 0.4) is 0 Å². The average Bonchev–Trinajstić information content (AvgIpc) is 2.61. The monoisotopic (exact) mass is 190 g/mol. The number of hydrogen-bond acceptors (Lipinski definition) is 4. The first kappa shape index (κ1) is 8.83. The van der Waals surface area contributed by atoms with Crippen molar-refractivity contribution in [2.45, 2.75) is 6.61 Å². The lowest BCUT2D eigenvalue weighted by molar-refractivity contribution is 0.267. The Bertz CT molecular complexity index is 424. The lowest BCUT2D eigenvalue weighted by Crippen LogP contribution is -1.99. The van der Waals surface area contributed by atoms with Crippen LogP contribution in [0.25, 0.3) is 11.4 Å². The highest BCUT2D eigenvalue weighted by Crippen LogP contribution is 2.15. The molecule has 0 aliphatic rings. The summed E-state index contributed by atoms with van der Waals surface area (Å²) in [6.45, 7) is -0.103. The van der Waals surface area contributed by atoms with Crippen LogP contribution in [0.2, 0.25) is 0 Å². The first-order valence-electron chi connectivity index (χ1n) is 4.22. The number of pyridine rings is 1. The van der Waals surface area contributed by atoms with E-state index in [0.717, 1.165) is 11.4 Å². The molecule has 72 valence electrons. The van der Waals surface area contributed by atoms with Crippen LogP contribution in [0.15, 0.2) is 24.5 Å². The summed E-state index contributed by atoms with van der Waals surface area (Å²) in [6, 6.07) is 3.70. The molecule has 0 unspecified atom stereocenters. The fourth-order valence-electron chi connectivity index (χ4n) is 1.25. The van der Waals surface area contributed by atoms with Crippen LogP contribution in [-0.4, -0.2) is 24.9 Å². The zero-order valence-electron chi connectivity index (χ0n) is 7.75. The van der Waals surface area contributed by atoms with Crippen LogP contribution in [0.1, 0.15) is 5.82 Å². The molecule has 0 saturated heterocycles. The van der Waals surface area contributed by atoms with E-state index >= 15 is 0 Å². The van der Waals surface area contributed by atoms with Gasteiger partial charge < -0.3 is 9.67 Å². The van der Waals surface area contributed by atoms with Crippen molar-refractivity contribution in [1.29, 1.82) is 0 Å². The van der Waals surface area contributed by atoms with E-state index in [-0.39, 0.29) is 6.61 Å². The van der Waals surface area contributed by atoms with Gasteiger partial charge in [-0.3, -0.25) is 4.98 Å². The van der Waals surface area contributed by atoms with Gasteiger partial charge in [-0.25, -0.2) is 0 Å². The van der Waals surface area contributed by atoms with E-state index in [0.29, 0.717) is 5.82 Å². The van der Waals surface area contributed by atoms with Gasteiger partial charge in [0.1, 0.15) is 6.61 Å². The minimum atomic E-state index is -0.103. The normalized spacial score (nSPS) is 10.4. The Morgan fingerprint density at radius 1 is 1.29 bits per heavy atom. The Labute approximate surface area is 81.1 Å². The second-order valence-electron chi connectivity index (χ2n) is 2.89. The van der Waals surface area contributed by atoms with Gasteiger partial charge in [-0.2, -0.15) is 0 Å². The third-order valence-electron chi connectivity index (χ3n) is 2.04. The van der Waals surface area contributed by atoms with Crippen LogP contribution in [0.5, 0.6) is 0 Å². The van der Waals surface area contributed by atoms with Crippen molar-refractivity contribution in [3.05, 3.63) is 30.4 Å². The summed E-state index contributed by atoms with van der Waals surface area (Å²) in [5.41, 5.74) is 0.940. The molecular weight excluding hydrogens is 180 g/mol. The Hall–Kier alpha value is -1.75. The SMILES string of the molecule is Cn1c(CO)nnc1-c1ccncc1. The predicted octanol–water partition coefficient (Wildman–Crippen LogP) is 0.369. The first-order chi connectivity index (χ1) is 6.83. The molecule has 0 spiro atoms. The molecule has 0 amide bonds. The van der Waals surface area contributed by atoms with Gasteiger partial charge >= 0.3 is 0 Å². The number of rotatable bonds is 2. The number of nitrogens with zero attached hydrogens (tertiary/aromatic N) is 4. The van der Waals surface area contributed by atoms with Crippen molar-refractivity contribution < 1.29 is 5.11 Å². The van der Waals surface area contributed by atoms with Crippen molar-refractivity contribution in [1.82, 2.24) is 19.7 Å². The number of aromatic nitrogens is 4. The highest BCUT2D eigenvalue weighted by Gasteiger charge is 2.08.